The Bertz CT molecular complexity index is 1050. The molecule has 2 N–H and O–H groups in total. The number of nitro benzene ring substituents is 1. The second kappa shape index (κ2) is 7.60. The number of hydrogen-bond acceptors (Lipinski definition) is 6. The number of carbonyl (C=O) groups is 2. The molecule has 0 bridgehead atoms. The Morgan fingerprint density at radius 1 is 1.17 bits per heavy atom. The molecule has 0 aliphatic carbocycles. The molecule has 29 heavy (non-hydrogen) atoms. The van der Waals surface area contributed by atoms with Gasteiger partial charge in [0.1, 0.15) is 12.1 Å². The molecule has 2 aromatic carbocycles. The van der Waals surface area contributed by atoms with Crippen molar-refractivity contribution in [1.29, 1.82) is 0 Å². The van der Waals surface area contributed by atoms with Crippen molar-refractivity contribution in [3.63, 3.8) is 0 Å². The lowest BCUT2D eigenvalue weighted by Gasteiger charge is -2.48. The Morgan fingerprint density at radius 3 is 2.31 bits per heavy atom. The first-order valence-corrected chi connectivity index (χ1v) is 9.95. The number of nitrogens with one attached hydrogen (secondary N) is 1. The van der Waals surface area contributed by atoms with Crippen molar-refractivity contribution in [3.8, 4) is 0 Å². The number of carboxylic acid groups (broad SMARTS) is 1. The summed E-state index contributed by atoms with van der Waals surface area (Å²) in [7, 11) is -4.19. The second-order valence-electron chi connectivity index (χ2n) is 6.66. The van der Waals surface area contributed by atoms with E-state index in [2.05, 4.69) is 4.72 Å². The first-order chi connectivity index (χ1) is 13.6. The van der Waals surface area contributed by atoms with Crippen LogP contribution in [-0.2, 0) is 26.0 Å². The maximum atomic E-state index is 12.8. The van der Waals surface area contributed by atoms with Crippen LogP contribution in [0.2, 0.25) is 0 Å². The van der Waals surface area contributed by atoms with Gasteiger partial charge in [-0.1, -0.05) is 30.3 Å². The van der Waals surface area contributed by atoms with E-state index in [0.717, 1.165) is 29.2 Å². The molecule has 10 nitrogen and oxygen atoms in total. The van der Waals surface area contributed by atoms with Crippen LogP contribution in [0.5, 0.6) is 0 Å². The summed E-state index contributed by atoms with van der Waals surface area (Å²) in [6.45, 7) is -0.645. The lowest BCUT2D eigenvalue weighted by atomic mass is 9.83. The van der Waals surface area contributed by atoms with E-state index in [1.807, 2.05) is 0 Å². The first kappa shape index (κ1) is 20.4. The van der Waals surface area contributed by atoms with E-state index in [9.17, 15) is 28.1 Å². The summed E-state index contributed by atoms with van der Waals surface area (Å²) in [5.41, 5.74) is -1.10. The van der Waals surface area contributed by atoms with E-state index in [1.165, 1.54) is 0 Å². The maximum absolute atomic E-state index is 12.8. The molecule has 2 aromatic rings. The molecule has 0 spiro atoms. The summed E-state index contributed by atoms with van der Waals surface area (Å²) >= 11 is 0. The lowest BCUT2D eigenvalue weighted by molar-refractivity contribution is -0.384. The molecule has 152 valence electrons. The highest BCUT2D eigenvalue weighted by atomic mass is 32.2. The maximum Gasteiger partial charge on any atom is 0.323 e. The molecule has 1 heterocycles. The van der Waals surface area contributed by atoms with Crippen molar-refractivity contribution < 1.29 is 28.0 Å². The quantitative estimate of drug-likeness (QED) is 0.365. The van der Waals surface area contributed by atoms with Crippen LogP contribution in [0, 0.1) is 10.1 Å². The molecule has 0 unspecified atom stereocenters. The van der Waals surface area contributed by atoms with Crippen LogP contribution in [0.3, 0.4) is 0 Å². The Labute approximate surface area is 166 Å². The van der Waals surface area contributed by atoms with Crippen LogP contribution in [-0.4, -0.2) is 53.9 Å². The number of β-lactam (4-membered cyclic amide) rings is 1. The van der Waals surface area contributed by atoms with E-state index < -0.39 is 38.9 Å². The van der Waals surface area contributed by atoms with Crippen LogP contribution in [0.4, 0.5) is 5.69 Å². The number of sulfonamides is 1. The molecule has 1 aliphatic heterocycles. The number of aliphatic carboxylic acids is 1. The molecule has 0 aromatic heterocycles. The van der Waals surface area contributed by atoms with Gasteiger partial charge in [-0.15, -0.1) is 0 Å². The normalized spacial score (nSPS) is 18.9. The zero-order chi connectivity index (χ0) is 21.2. The lowest BCUT2D eigenvalue weighted by Crippen LogP contribution is -2.75. The number of nitrogens with zero attached hydrogens (tertiary/aromatic N) is 2. The number of rotatable bonds is 8. The standard InChI is InChI=1S/C18H17N3O7S/c22-16(23)11-20-12-18(17(20)24,10-13-4-2-1-3-5-13)19-29(27,28)15-8-6-14(7-9-15)21(25)26/h1-9,19H,10-12H2,(H,22,23)/t18-/m1/s1. The summed E-state index contributed by atoms with van der Waals surface area (Å²) in [6.07, 6.45) is 0.0367. The monoisotopic (exact) mass is 419 g/mol. The summed E-state index contributed by atoms with van der Waals surface area (Å²) in [4.78, 5) is 34.6. The fourth-order valence-electron chi connectivity index (χ4n) is 3.22. The van der Waals surface area contributed by atoms with Gasteiger partial charge >= 0.3 is 5.97 Å². The van der Waals surface area contributed by atoms with Gasteiger partial charge in [-0.2, -0.15) is 4.72 Å². The molecular formula is C18H17N3O7S. The van der Waals surface area contributed by atoms with Gasteiger partial charge < -0.3 is 10.0 Å². The minimum absolute atomic E-state index is 0.0367. The number of non-ortho nitro benzene ring substituents is 1. The molecule has 0 saturated carbocycles. The Morgan fingerprint density at radius 2 is 1.79 bits per heavy atom. The molecule has 11 heteroatoms. The van der Waals surface area contributed by atoms with Crippen molar-refractivity contribution in [2.24, 2.45) is 0 Å². The Kier molecular flexibility index (Phi) is 5.36. The smallest absolute Gasteiger partial charge is 0.323 e. The molecule has 1 atom stereocenters. The van der Waals surface area contributed by atoms with E-state index in [-0.39, 0.29) is 23.5 Å². The number of nitro groups is 1. The van der Waals surface area contributed by atoms with Gasteiger partial charge in [0.2, 0.25) is 15.9 Å². The van der Waals surface area contributed by atoms with Crippen molar-refractivity contribution in [1.82, 2.24) is 9.62 Å². The van der Waals surface area contributed by atoms with E-state index >= 15 is 0 Å². The van der Waals surface area contributed by atoms with Crippen LogP contribution < -0.4 is 4.72 Å². The van der Waals surface area contributed by atoms with Gasteiger partial charge in [0.15, 0.2) is 0 Å². The van der Waals surface area contributed by atoms with Gasteiger partial charge in [0.25, 0.3) is 5.69 Å². The number of hydrogen-bond donors (Lipinski definition) is 2. The van der Waals surface area contributed by atoms with Gasteiger partial charge in [0.05, 0.1) is 9.82 Å². The Hall–Kier alpha value is -3.31. The number of amides is 1. The summed E-state index contributed by atoms with van der Waals surface area (Å²) in [6, 6.07) is 13.0. The van der Waals surface area contributed by atoms with Crippen LogP contribution >= 0.6 is 0 Å². The van der Waals surface area contributed by atoms with Gasteiger partial charge in [0, 0.05) is 25.1 Å². The second-order valence-corrected chi connectivity index (χ2v) is 8.34. The predicted molar refractivity (Wildman–Crippen MR) is 101 cm³/mol. The fraction of sp³-hybridized carbons (Fsp3) is 0.222. The number of benzene rings is 2. The van der Waals surface area contributed by atoms with Crippen LogP contribution in [0.15, 0.2) is 59.5 Å². The molecule has 1 fully saturated rings. The summed E-state index contributed by atoms with van der Waals surface area (Å²) in [5.74, 6) is -1.85. The first-order valence-electron chi connectivity index (χ1n) is 8.46. The average Bonchev–Trinajstić information content (AvgIpc) is 2.67. The topological polar surface area (TPSA) is 147 Å². The van der Waals surface area contributed by atoms with Crippen LogP contribution in [0.25, 0.3) is 0 Å². The zero-order valence-electron chi connectivity index (χ0n) is 15.0. The van der Waals surface area contributed by atoms with E-state index in [4.69, 9.17) is 5.11 Å². The highest BCUT2D eigenvalue weighted by Gasteiger charge is 2.54. The summed E-state index contributed by atoms with van der Waals surface area (Å²) in [5, 5.41) is 19.7. The third-order valence-corrected chi connectivity index (χ3v) is 6.07. The third kappa shape index (κ3) is 4.25. The molecular weight excluding hydrogens is 402 g/mol. The highest BCUT2D eigenvalue weighted by molar-refractivity contribution is 7.89. The molecule has 3 rings (SSSR count). The van der Waals surface area contributed by atoms with Crippen molar-refractivity contribution in [2.75, 3.05) is 13.1 Å². The fourth-order valence-corrected chi connectivity index (χ4v) is 4.57. The zero-order valence-corrected chi connectivity index (χ0v) is 15.8. The minimum atomic E-state index is -4.19. The van der Waals surface area contributed by atoms with Gasteiger partial charge in [-0.3, -0.25) is 19.7 Å². The summed E-state index contributed by atoms with van der Waals surface area (Å²) < 4.78 is 28.0. The van der Waals surface area contributed by atoms with E-state index in [1.54, 1.807) is 30.3 Å². The Balaban J connectivity index is 1.89. The van der Waals surface area contributed by atoms with Gasteiger partial charge in [-0.05, 0) is 17.7 Å². The molecule has 1 aliphatic rings. The van der Waals surface area contributed by atoms with Crippen molar-refractivity contribution >= 4 is 27.6 Å². The molecule has 1 saturated heterocycles. The van der Waals surface area contributed by atoms with Crippen molar-refractivity contribution in [2.45, 2.75) is 16.9 Å². The number of likely N-dealkylation sites (tertiary alicyclic amines) is 1. The predicted octanol–water partition coefficient (Wildman–Crippen LogP) is 0.781. The SMILES string of the molecule is O=C(O)CN1C[C@@](Cc2ccccc2)(NS(=O)(=O)c2ccc([N+](=O)[O-])cc2)C1=O. The third-order valence-electron chi connectivity index (χ3n) is 4.52. The van der Waals surface area contributed by atoms with Crippen LogP contribution in [0.1, 0.15) is 5.56 Å². The minimum Gasteiger partial charge on any atom is -0.480 e. The van der Waals surface area contributed by atoms with E-state index in [0.29, 0.717) is 5.56 Å². The van der Waals surface area contributed by atoms with Crippen molar-refractivity contribution in [3.05, 3.63) is 70.3 Å². The van der Waals surface area contributed by atoms with Gasteiger partial charge in [-0.25, -0.2) is 8.42 Å². The largest absolute Gasteiger partial charge is 0.480 e. The number of carbonyl (C=O) groups excluding carboxylic acids is 1. The molecule has 0 radical (unpaired) electrons. The average molecular weight is 419 g/mol. The molecule has 1 amide bonds. The highest BCUT2D eigenvalue weighted by Crippen LogP contribution is 2.29. The number of carboxylic acids is 1.